The Bertz CT molecular complexity index is 1150. The summed E-state index contributed by atoms with van der Waals surface area (Å²) in [5.41, 5.74) is 4.98. The van der Waals surface area contributed by atoms with Crippen LogP contribution in [0.5, 0.6) is 5.88 Å². The second-order valence-electron chi connectivity index (χ2n) is 8.50. The summed E-state index contributed by atoms with van der Waals surface area (Å²) in [5.74, 6) is -0.648. The van der Waals surface area contributed by atoms with E-state index in [2.05, 4.69) is 30.0 Å². The van der Waals surface area contributed by atoms with Crippen molar-refractivity contribution in [3.63, 3.8) is 0 Å². The number of methoxy groups -OCH3 is 1. The van der Waals surface area contributed by atoms with Crippen molar-refractivity contribution < 1.29 is 18.1 Å². The van der Waals surface area contributed by atoms with E-state index in [4.69, 9.17) is 10.5 Å². The number of aliphatic imine (C=N–C) groups is 1. The Balaban J connectivity index is 1.72. The Hall–Kier alpha value is -2.99. The minimum absolute atomic E-state index is 0.0245. The van der Waals surface area contributed by atoms with Gasteiger partial charge in [-0.25, -0.2) is 19.3 Å². The number of nitrogens with one attached hydrogen (secondary N) is 2. The number of thiol groups is 1. The van der Waals surface area contributed by atoms with Gasteiger partial charge >= 0.3 is 0 Å². The molecule has 0 unspecified atom stereocenters. The van der Waals surface area contributed by atoms with Crippen molar-refractivity contribution in [2.75, 3.05) is 19.0 Å². The van der Waals surface area contributed by atoms with Gasteiger partial charge in [-0.05, 0) is 49.4 Å². The lowest BCUT2D eigenvalue weighted by Gasteiger charge is -2.50. The fraction of sp³-hybridized carbons (Fsp3) is 0.450. The molecule has 4 N–H and O–H groups in total. The van der Waals surface area contributed by atoms with E-state index in [1.54, 1.807) is 20.8 Å². The minimum Gasteiger partial charge on any atom is -0.480 e. The topological polar surface area (TPSA) is 144 Å². The van der Waals surface area contributed by atoms with Crippen LogP contribution < -0.4 is 20.5 Å². The van der Waals surface area contributed by atoms with Crippen LogP contribution in [0.15, 0.2) is 29.5 Å². The third-order valence-electron chi connectivity index (χ3n) is 6.30. The Morgan fingerprint density at radius 1 is 1.31 bits per heavy atom. The maximum atomic E-state index is 15.0. The van der Waals surface area contributed by atoms with E-state index in [1.165, 1.54) is 31.6 Å². The SMILES string of the molecule is COc1cnc(C(=O)Nc2ccc(F)c([C@@]3(C)N=C(N)C(C)(C)[SH]4(=O)NCC[C@H]34)n2)cn1. The second-order valence-corrected chi connectivity index (χ2v) is 11.9. The van der Waals surface area contributed by atoms with Gasteiger partial charge < -0.3 is 15.8 Å². The van der Waals surface area contributed by atoms with Crippen LogP contribution >= 0.6 is 0 Å². The zero-order valence-corrected chi connectivity index (χ0v) is 19.1. The van der Waals surface area contributed by atoms with Gasteiger partial charge in [0, 0.05) is 6.54 Å². The monoisotopic (exact) mass is 463 g/mol. The van der Waals surface area contributed by atoms with E-state index in [-0.39, 0.29) is 28.9 Å². The summed E-state index contributed by atoms with van der Waals surface area (Å²) in [6.07, 6.45) is 3.10. The lowest BCUT2D eigenvalue weighted by Crippen LogP contribution is -2.64. The molecule has 0 aliphatic carbocycles. The standard InChI is InChI=1S/C20H26FN7O3S/c1-19(2)18(22)28-20(3,13-7-8-25-32(13,19)30)16-11(21)5-6-14(26-16)27-17(29)12-9-24-15(31-4)10-23-12/h5-6,9-10,13,32H,7-8H2,1-4H3,(H2,22,28)(H,25,30)(H,26,27,29)/t13-,20+/m1/s1. The van der Waals surface area contributed by atoms with E-state index in [0.717, 1.165) is 0 Å². The van der Waals surface area contributed by atoms with Crippen LogP contribution in [-0.4, -0.2) is 54.6 Å². The van der Waals surface area contributed by atoms with Gasteiger partial charge in [0.2, 0.25) is 5.88 Å². The molecule has 1 amide bonds. The molecular weight excluding hydrogens is 437 g/mol. The van der Waals surface area contributed by atoms with Crippen LogP contribution in [-0.2, 0) is 15.7 Å². The van der Waals surface area contributed by atoms with Gasteiger partial charge in [0.1, 0.15) is 34.4 Å². The predicted octanol–water partition coefficient (Wildman–Crippen LogP) is 0.930. The van der Waals surface area contributed by atoms with Crippen molar-refractivity contribution in [1.82, 2.24) is 19.7 Å². The molecule has 2 aromatic heterocycles. The zero-order chi connectivity index (χ0) is 23.3. The molecule has 0 bridgehead atoms. The number of pyridine rings is 1. The second kappa shape index (κ2) is 7.55. The molecule has 0 aromatic carbocycles. The molecule has 10 nitrogen and oxygen atoms in total. The Morgan fingerprint density at radius 3 is 2.72 bits per heavy atom. The van der Waals surface area contributed by atoms with Crippen LogP contribution in [0.25, 0.3) is 0 Å². The smallest absolute Gasteiger partial charge is 0.277 e. The summed E-state index contributed by atoms with van der Waals surface area (Å²) in [7, 11) is -1.63. The van der Waals surface area contributed by atoms with Crippen molar-refractivity contribution in [1.29, 1.82) is 0 Å². The number of carbonyl (C=O) groups excluding carboxylic acids is 1. The van der Waals surface area contributed by atoms with E-state index >= 15 is 4.39 Å². The van der Waals surface area contributed by atoms with Crippen molar-refractivity contribution in [2.45, 2.75) is 42.7 Å². The normalized spacial score (nSPS) is 26.5. The van der Waals surface area contributed by atoms with E-state index in [1.807, 2.05) is 0 Å². The Labute approximate surface area is 185 Å². The number of rotatable bonds is 4. The lowest BCUT2D eigenvalue weighted by molar-refractivity contribution is 0.102. The van der Waals surface area contributed by atoms with Gasteiger partial charge in [-0.3, -0.25) is 18.7 Å². The number of nitrogens with zero attached hydrogens (tertiary/aromatic N) is 4. The maximum Gasteiger partial charge on any atom is 0.277 e. The maximum absolute atomic E-state index is 15.0. The number of carbonyl (C=O) groups is 1. The fourth-order valence-corrected chi connectivity index (χ4v) is 7.94. The quantitative estimate of drug-likeness (QED) is 0.494. The predicted molar refractivity (Wildman–Crippen MR) is 120 cm³/mol. The first-order valence-electron chi connectivity index (χ1n) is 10.1. The molecule has 0 spiro atoms. The van der Waals surface area contributed by atoms with Gasteiger partial charge in [-0.2, -0.15) is 0 Å². The highest BCUT2D eigenvalue weighted by molar-refractivity contribution is 8.04. The van der Waals surface area contributed by atoms with Crippen molar-refractivity contribution in [2.24, 2.45) is 10.7 Å². The van der Waals surface area contributed by atoms with Crippen LogP contribution in [0.1, 0.15) is 43.4 Å². The number of amides is 1. The molecular formula is C20H26FN7O3S. The van der Waals surface area contributed by atoms with Gasteiger partial charge in [0.15, 0.2) is 0 Å². The first kappa shape index (κ1) is 22.2. The van der Waals surface area contributed by atoms with Crippen molar-refractivity contribution in [3.8, 4) is 5.88 Å². The van der Waals surface area contributed by atoms with Gasteiger partial charge in [0.25, 0.3) is 5.91 Å². The van der Waals surface area contributed by atoms with Crippen LogP contribution in [0.2, 0.25) is 0 Å². The van der Waals surface area contributed by atoms with E-state index < -0.39 is 37.4 Å². The molecule has 12 heteroatoms. The molecule has 0 saturated carbocycles. The number of halogens is 1. The Kier molecular flexibility index (Phi) is 5.24. The fourth-order valence-electron chi connectivity index (χ4n) is 4.31. The molecule has 0 radical (unpaired) electrons. The highest BCUT2D eigenvalue weighted by Crippen LogP contribution is 2.48. The minimum atomic E-state index is -3.07. The first-order chi connectivity index (χ1) is 15.0. The molecule has 4 rings (SSSR count). The molecule has 4 heterocycles. The summed E-state index contributed by atoms with van der Waals surface area (Å²) < 4.78 is 36.2. The largest absolute Gasteiger partial charge is 0.480 e. The Morgan fingerprint density at radius 2 is 2.06 bits per heavy atom. The zero-order valence-electron chi connectivity index (χ0n) is 18.2. The number of nitrogens with two attached hydrogens (primary N) is 1. The molecule has 2 atom stereocenters. The molecule has 2 aliphatic rings. The summed E-state index contributed by atoms with van der Waals surface area (Å²) in [4.78, 5) is 29.4. The summed E-state index contributed by atoms with van der Waals surface area (Å²) in [5, 5.41) is 2.10. The van der Waals surface area contributed by atoms with E-state index in [0.29, 0.717) is 13.0 Å². The lowest BCUT2D eigenvalue weighted by atomic mass is 9.90. The average Bonchev–Trinajstić information content (AvgIpc) is 3.18. The van der Waals surface area contributed by atoms with Gasteiger partial charge in [-0.1, -0.05) is 0 Å². The van der Waals surface area contributed by atoms with Crippen LogP contribution in [0, 0.1) is 5.82 Å². The number of anilines is 1. The number of fused-ring (bicyclic) bond motifs is 1. The van der Waals surface area contributed by atoms with Crippen LogP contribution in [0.4, 0.5) is 10.2 Å². The molecule has 32 heavy (non-hydrogen) atoms. The third kappa shape index (κ3) is 3.25. The third-order valence-corrected chi connectivity index (χ3v) is 10.5. The molecule has 1 fully saturated rings. The van der Waals surface area contributed by atoms with Gasteiger partial charge in [0.05, 0.1) is 29.5 Å². The highest BCUT2D eigenvalue weighted by Gasteiger charge is 2.59. The molecule has 172 valence electrons. The molecule has 2 aliphatic heterocycles. The molecule has 2 aromatic rings. The number of hydrogen-bond acceptors (Lipinski definition) is 8. The highest BCUT2D eigenvalue weighted by atomic mass is 32.3. The number of aromatic nitrogens is 3. The number of hydrogen-bond donors (Lipinski definition) is 4. The van der Waals surface area contributed by atoms with Gasteiger partial charge in [-0.15, -0.1) is 0 Å². The summed E-state index contributed by atoms with van der Waals surface area (Å²) in [6, 6.07) is 2.53. The van der Waals surface area contributed by atoms with Crippen LogP contribution in [0.3, 0.4) is 0 Å². The number of ether oxygens (including phenoxy) is 1. The van der Waals surface area contributed by atoms with Crippen molar-refractivity contribution >= 4 is 27.7 Å². The van der Waals surface area contributed by atoms with E-state index in [9.17, 15) is 9.00 Å². The average molecular weight is 464 g/mol. The first-order valence-corrected chi connectivity index (χ1v) is 11.9. The molecule has 1 saturated heterocycles. The number of amidine groups is 1. The van der Waals surface area contributed by atoms with Crippen molar-refractivity contribution in [3.05, 3.63) is 41.7 Å². The summed E-state index contributed by atoms with van der Waals surface area (Å²) in [6.45, 7) is 5.77. The summed E-state index contributed by atoms with van der Waals surface area (Å²) >= 11 is 0.